The minimum absolute atomic E-state index is 0.285. The molecule has 0 spiro atoms. The van der Waals surface area contributed by atoms with Gasteiger partial charge in [-0.05, 0) is 38.1 Å². The molecule has 0 aromatic heterocycles. The molecule has 1 N–H and O–H groups in total. The molecule has 0 aliphatic carbocycles. The molecule has 5 nitrogen and oxygen atoms in total. The Morgan fingerprint density at radius 3 is 2.16 bits per heavy atom. The smallest absolute Gasteiger partial charge is 0.326 e. The molecular weight excluding hydrogens is 386 g/mol. The molecule has 25 heavy (non-hydrogen) atoms. The van der Waals surface area contributed by atoms with Gasteiger partial charge in [0, 0.05) is 15.6 Å². The molecule has 2 aromatic rings. The number of Topliss-reactive ketones (excluding diaryl/α,β-unsaturated/α-hetero) is 1. The van der Waals surface area contributed by atoms with Gasteiger partial charge in [-0.25, -0.2) is 0 Å². The summed E-state index contributed by atoms with van der Waals surface area (Å²) >= 11 is 3.28. The fraction of sp³-hybridized carbons (Fsp3) is 0.211. The number of carbonyl (C=O) groups is 3. The van der Waals surface area contributed by atoms with Crippen molar-refractivity contribution >= 4 is 33.6 Å². The maximum Gasteiger partial charge on any atom is 0.326 e. The summed E-state index contributed by atoms with van der Waals surface area (Å²) in [6, 6.07) is 13.8. The number of amides is 1. The van der Waals surface area contributed by atoms with Crippen molar-refractivity contribution in [2.75, 3.05) is 6.54 Å². The number of halogens is 1. The molecular formula is C19H18BrNO4. The number of nitrogens with one attached hydrogen (secondary N) is 1. The Hall–Kier alpha value is -2.47. The molecule has 0 aliphatic heterocycles. The maximum atomic E-state index is 12.2. The van der Waals surface area contributed by atoms with Crippen LogP contribution in [0, 0.1) is 6.92 Å². The number of carbonyl (C=O) groups excluding carboxylic acids is 3. The Balaban J connectivity index is 1.84. The minimum atomic E-state index is -0.917. The van der Waals surface area contributed by atoms with Crippen LogP contribution in [0.15, 0.2) is 53.0 Å². The summed E-state index contributed by atoms with van der Waals surface area (Å²) in [6.45, 7) is 3.13. The van der Waals surface area contributed by atoms with E-state index in [9.17, 15) is 14.4 Å². The SMILES string of the molecule is Cc1ccc(C(=O)[C@H](C)OC(=O)CNC(=O)c2ccc(Br)cc2)cc1. The zero-order valence-corrected chi connectivity index (χ0v) is 15.5. The van der Waals surface area contributed by atoms with E-state index >= 15 is 0 Å². The van der Waals surface area contributed by atoms with E-state index in [1.165, 1.54) is 6.92 Å². The second-order valence-corrected chi connectivity index (χ2v) is 6.47. The highest BCUT2D eigenvalue weighted by molar-refractivity contribution is 9.10. The summed E-state index contributed by atoms with van der Waals surface area (Å²) in [5, 5.41) is 2.47. The zero-order chi connectivity index (χ0) is 18.4. The van der Waals surface area contributed by atoms with Crippen LogP contribution >= 0.6 is 15.9 Å². The van der Waals surface area contributed by atoms with Crippen molar-refractivity contribution in [3.8, 4) is 0 Å². The normalized spacial score (nSPS) is 11.5. The van der Waals surface area contributed by atoms with E-state index < -0.39 is 12.1 Å². The van der Waals surface area contributed by atoms with Crippen LogP contribution < -0.4 is 5.32 Å². The highest BCUT2D eigenvalue weighted by Crippen LogP contribution is 2.11. The molecule has 0 bridgehead atoms. The molecule has 0 radical (unpaired) electrons. The summed E-state index contributed by atoms with van der Waals surface area (Å²) in [4.78, 5) is 36.0. The molecule has 0 fully saturated rings. The lowest BCUT2D eigenvalue weighted by Crippen LogP contribution is -2.34. The van der Waals surface area contributed by atoms with Crippen LogP contribution in [0.4, 0.5) is 0 Å². The summed E-state index contributed by atoms with van der Waals surface area (Å²) < 4.78 is 5.95. The first-order valence-corrected chi connectivity index (χ1v) is 8.50. The zero-order valence-electron chi connectivity index (χ0n) is 13.9. The van der Waals surface area contributed by atoms with Crippen molar-refractivity contribution in [2.24, 2.45) is 0 Å². The lowest BCUT2D eigenvalue weighted by atomic mass is 10.1. The molecule has 130 valence electrons. The molecule has 6 heteroatoms. The van der Waals surface area contributed by atoms with E-state index in [2.05, 4.69) is 21.2 Å². The van der Waals surface area contributed by atoms with Crippen LogP contribution in [0.5, 0.6) is 0 Å². The van der Waals surface area contributed by atoms with Gasteiger partial charge in [0.15, 0.2) is 6.10 Å². The van der Waals surface area contributed by atoms with Crippen molar-refractivity contribution in [2.45, 2.75) is 20.0 Å². The maximum absolute atomic E-state index is 12.2. The highest BCUT2D eigenvalue weighted by Gasteiger charge is 2.19. The highest BCUT2D eigenvalue weighted by atomic mass is 79.9. The second kappa shape index (κ2) is 8.58. The fourth-order valence-electron chi connectivity index (χ4n) is 2.10. The average molecular weight is 404 g/mol. The van der Waals surface area contributed by atoms with Gasteiger partial charge in [0.05, 0.1) is 0 Å². The van der Waals surface area contributed by atoms with Crippen LogP contribution in [0.3, 0.4) is 0 Å². The standard InChI is InChI=1S/C19H18BrNO4/c1-12-3-5-14(6-4-12)18(23)13(2)25-17(22)11-21-19(24)15-7-9-16(20)10-8-15/h3-10,13H,11H2,1-2H3,(H,21,24)/t13-/m0/s1. The molecule has 0 aliphatic rings. The van der Waals surface area contributed by atoms with Crippen LogP contribution in [-0.2, 0) is 9.53 Å². The summed E-state index contributed by atoms with van der Waals surface area (Å²) in [5.41, 5.74) is 1.95. The number of aryl methyl sites for hydroxylation is 1. The van der Waals surface area contributed by atoms with Gasteiger partial charge in [0.25, 0.3) is 5.91 Å². The van der Waals surface area contributed by atoms with Gasteiger partial charge in [-0.15, -0.1) is 0 Å². The first kappa shape index (κ1) is 18.9. The summed E-state index contributed by atoms with van der Waals surface area (Å²) in [6.07, 6.45) is -0.917. The van der Waals surface area contributed by atoms with Gasteiger partial charge in [-0.3, -0.25) is 14.4 Å². The van der Waals surface area contributed by atoms with Gasteiger partial charge in [-0.1, -0.05) is 45.8 Å². The van der Waals surface area contributed by atoms with Crippen molar-refractivity contribution < 1.29 is 19.1 Å². The first-order chi connectivity index (χ1) is 11.9. The third-order valence-corrected chi connectivity index (χ3v) is 4.04. The van der Waals surface area contributed by atoms with Crippen LogP contribution in [-0.4, -0.2) is 30.3 Å². The average Bonchev–Trinajstić information content (AvgIpc) is 2.60. The van der Waals surface area contributed by atoms with Crippen molar-refractivity contribution in [1.82, 2.24) is 5.32 Å². The molecule has 2 aromatic carbocycles. The molecule has 1 amide bonds. The van der Waals surface area contributed by atoms with Gasteiger partial charge in [0.1, 0.15) is 6.54 Å². The van der Waals surface area contributed by atoms with E-state index in [-0.39, 0.29) is 18.2 Å². The molecule has 0 saturated carbocycles. The summed E-state index contributed by atoms with van der Waals surface area (Å²) in [5.74, 6) is -1.34. The van der Waals surface area contributed by atoms with E-state index in [1.807, 2.05) is 19.1 Å². The number of rotatable bonds is 6. The number of benzene rings is 2. The molecule has 2 rings (SSSR count). The predicted octanol–water partition coefficient (Wildman–Crippen LogP) is 3.30. The Bertz CT molecular complexity index is 769. The van der Waals surface area contributed by atoms with E-state index in [1.54, 1.807) is 36.4 Å². The van der Waals surface area contributed by atoms with E-state index in [4.69, 9.17) is 4.74 Å². The van der Waals surface area contributed by atoms with Crippen molar-refractivity contribution in [3.63, 3.8) is 0 Å². The predicted molar refractivity (Wildman–Crippen MR) is 97.5 cm³/mol. The second-order valence-electron chi connectivity index (χ2n) is 5.55. The number of ether oxygens (including phenoxy) is 1. The fourth-order valence-corrected chi connectivity index (χ4v) is 2.36. The number of hydrogen-bond acceptors (Lipinski definition) is 4. The third-order valence-electron chi connectivity index (χ3n) is 3.51. The largest absolute Gasteiger partial charge is 0.453 e. The Morgan fingerprint density at radius 2 is 1.56 bits per heavy atom. The quantitative estimate of drug-likeness (QED) is 0.593. The number of esters is 1. The molecule has 0 heterocycles. The monoisotopic (exact) mass is 403 g/mol. The topological polar surface area (TPSA) is 72.5 Å². The molecule has 0 unspecified atom stereocenters. The Kier molecular flexibility index (Phi) is 6.47. The van der Waals surface area contributed by atoms with E-state index in [0.717, 1.165) is 10.0 Å². The Labute approximate surface area is 154 Å². The number of hydrogen-bond donors (Lipinski definition) is 1. The molecule has 1 atom stereocenters. The first-order valence-electron chi connectivity index (χ1n) is 7.71. The van der Waals surface area contributed by atoms with E-state index in [0.29, 0.717) is 11.1 Å². The lowest BCUT2D eigenvalue weighted by Gasteiger charge is -2.13. The summed E-state index contributed by atoms with van der Waals surface area (Å²) in [7, 11) is 0. The van der Waals surface area contributed by atoms with Crippen LogP contribution in [0.25, 0.3) is 0 Å². The third kappa shape index (κ3) is 5.53. The van der Waals surface area contributed by atoms with Gasteiger partial charge in [-0.2, -0.15) is 0 Å². The van der Waals surface area contributed by atoms with Gasteiger partial charge in [0.2, 0.25) is 5.78 Å². The lowest BCUT2D eigenvalue weighted by molar-refractivity contribution is -0.145. The van der Waals surface area contributed by atoms with Crippen LogP contribution in [0.1, 0.15) is 33.2 Å². The Morgan fingerprint density at radius 1 is 1.00 bits per heavy atom. The van der Waals surface area contributed by atoms with Gasteiger partial charge < -0.3 is 10.1 Å². The number of ketones is 1. The molecule has 0 saturated heterocycles. The minimum Gasteiger partial charge on any atom is -0.453 e. The van der Waals surface area contributed by atoms with Crippen LogP contribution in [0.2, 0.25) is 0 Å². The van der Waals surface area contributed by atoms with Gasteiger partial charge >= 0.3 is 5.97 Å². The van der Waals surface area contributed by atoms with Crippen molar-refractivity contribution in [1.29, 1.82) is 0 Å². The van der Waals surface area contributed by atoms with Crippen molar-refractivity contribution in [3.05, 3.63) is 69.7 Å².